The first kappa shape index (κ1) is 15.0. The van der Waals surface area contributed by atoms with Gasteiger partial charge in [-0.05, 0) is 33.2 Å². The van der Waals surface area contributed by atoms with Crippen LogP contribution in [0.25, 0.3) is 0 Å². The lowest BCUT2D eigenvalue weighted by Crippen LogP contribution is -2.31. The molecule has 21 heavy (non-hydrogen) atoms. The topological polar surface area (TPSA) is 83.3 Å². The van der Waals surface area contributed by atoms with Crippen LogP contribution >= 0.6 is 0 Å². The largest absolute Gasteiger partial charge is 0.360 e. The summed E-state index contributed by atoms with van der Waals surface area (Å²) in [6.07, 6.45) is 1.59. The van der Waals surface area contributed by atoms with Gasteiger partial charge in [-0.15, -0.1) is 0 Å². The van der Waals surface area contributed by atoms with Crippen molar-refractivity contribution in [2.24, 2.45) is 0 Å². The van der Waals surface area contributed by atoms with Gasteiger partial charge >= 0.3 is 0 Å². The molecule has 0 unspecified atom stereocenters. The maximum Gasteiger partial charge on any atom is 0.269 e. The van der Waals surface area contributed by atoms with E-state index in [0.717, 1.165) is 18.0 Å². The van der Waals surface area contributed by atoms with Crippen molar-refractivity contribution in [1.29, 1.82) is 0 Å². The lowest BCUT2D eigenvalue weighted by molar-refractivity contribution is 0.0946. The molecular formula is C14H19N5O2. The summed E-state index contributed by atoms with van der Waals surface area (Å²) in [5.74, 6) is 1.15. The second kappa shape index (κ2) is 6.85. The summed E-state index contributed by atoms with van der Waals surface area (Å²) in [5.41, 5.74) is 1.13. The standard InChI is InChI=1S/C14H19N5O2/c1-10-8-13(18-21-10)17-11-4-5-12(16-9-11)14(20)15-6-7-19(2)3/h4-5,8-9H,6-7H2,1-3H3,(H,15,20)(H,17,18). The molecule has 0 aromatic carbocycles. The van der Waals surface area contributed by atoms with Crippen molar-refractivity contribution in [3.63, 3.8) is 0 Å². The van der Waals surface area contributed by atoms with Gasteiger partial charge in [-0.2, -0.15) is 0 Å². The maximum atomic E-state index is 11.9. The highest BCUT2D eigenvalue weighted by Gasteiger charge is 2.07. The third-order valence-electron chi connectivity index (χ3n) is 2.74. The number of carbonyl (C=O) groups is 1. The van der Waals surface area contributed by atoms with Crippen molar-refractivity contribution < 1.29 is 9.32 Å². The quantitative estimate of drug-likeness (QED) is 0.836. The van der Waals surface area contributed by atoms with Gasteiger partial charge in [0.25, 0.3) is 5.91 Å². The molecule has 0 bridgehead atoms. The minimum Gasteiger partial charge on any atom is -0.360 e. The molecule has 0 aliphatic heterocycles. The summed E-state index contributed by atoms with van der Waals surface area (Å²) < 4.78 is 4.96. The molecule has 0 saturated carbocycles. The van der Waals surface area contributed by atoms with Crippen LogP contribution in [-0.2, 0) is 0 Å². The number of anilines is 2. The molecule has 2 aromatic heterocycles. The Hall–Kier alpha value is -2.41. The molecule has 0 spiro atoms. The Morgan fingerprint density at radius 2 is 2.19 bits per heavy atom. The van der Waals surface area contributed by atoms with Gasteiger partial charge in [-0.25, -0.2) is 4.98 Å². The summed E-state index contributed by atoms with van der Waals surface area (Å²) in [6.45, 7) is 3.19. The van der Waals surface area contributed by atoms with E-state index in [9.17, 15) is 4.79 Å². The van der Waals surface area contributed by atoms with Gasteiger partial charge < -0.3 is 20.1 Å². The van der Waals surface area contributed by atoms with Crippen molar-refractivity contribution in [2.45, 2.75) is 6.92 Å². The Labute approximate surface area is 123 Å². The van der Waals surface area contributed by atoms with Gasteiger partial charge in [0.05, 0.1) is 11.9 Å². The third kappa shape index (κ3) is 4.57. The Balaban J connectivity index is 1.90. The summed E-state index contributed by atoms with van der Waals surface area (Å²) in [6, 6.07) is 5.22. The lowest BCUT2D eigenvalue weighted by Gasteiger charge is -2.10. The van der Waals surface area contributed by atoms with Crippen LogP contribution in [0.3, 0.4) is 0 Å². The van der Waals surface area contributed by atoms with Crippen LogP contribution in [0.5, 0.6) is 0 Å². The zero-order valence-electron chi connectivity index (χ0n) is 12.4. The van der Waals surface area contributed by atoms with E-state index in [1.807, 2.05) is 25.9 Å². The predicted octanol–water partition coefficient (Wildman–Crippen LogP) is 1.41. The highest BCUT2D eigenvalue weighted by Crippen LogP contribution is 2.15. The molecule has 0 aliphatic rings. The van der Waals surface area contributed by atoms with Gasteiger partial charge in [-0.3, -0.25) is 4.79 Å². The molecule has 7 nitrogen and oxygen atoms in total. The van der Waals surface area contributed by atoms with Gasteiger partial charge in [-0.1, -0.05) is 5.16 Å². The molecule has 2 aromatic rings. The molecule has 0 radical (unpaired) electrons. The molecule has 2 rings (SSSR count). The van der Waals surface area contributed by atoms with E-state index in [2.05, 4.69) is 20.8 Å². The fraction of sp³-hybridized carbons (Fsp3) is 0.357. The number of hydrogen-bond donors (Lipinski definition) is 2. The SMILES string of the molecule is Cc1cc(Nc2ccc(C(=O)NCCN(C)C)nc2)no1. The third-order valence-corrected chi connectivity index (χ3v) is 2.74. The summed E-state index contributed by atoms with van der Waals surface area (Å²) >= 11 is 0. The molecule has 0 atom stereocenters. The van der Waals surface area contributed by atoms with Crippen LogP contribution in [0, 0.1) is 6.92 Å². The lowest BCUT2D eigenvalue weighted by atomic mass is 10.3. The van der Waals surface area contributed by atoms with Crippen molar-refractivity contribution in [1.82, 2.24) is 20.4 Å². The summed E-state index contributed by atoms with van der Waals surface area (Å²) in [4.78, 5) is 18.0. The number of nitrogens with zero attached hydrogens (tertiary/aromatic N) is 3. The van der Waals surface area contributed by atoms with E-state index >= 15 is 0 Å². The molecule has 0 saturated heterocycles. The van der Waals surface area contributed by atoms with E-state index in [-0.39, 0.29) is 5.91 Å². The van der Waals surface area contributed by atoms with Crippen LogP contribution in [0.4, 0.5) is 11.5 Å². The van der Waals surface area contributed by atoms with Crippen LogP contribution in [0.15, 0.2) is 28.9 Å². The van der Waals surface area contributed by atoms with Gasteiger partial charge in [0.15, 0.2) is 5.82 Å². The monoisotopic (exact) mass is 289 g/mol. The van der Waals surface area contributed by atoms with E-state index in [1.54, 1.807) is 24.4 Å². The first-order valence-corrected chi connectivity index (χ1v) is 6.64. The molecule has 0 aliphatic carbocycles. The number of rotatable bonds is 6. The van der Waals surface area contributed by atoms with Gasteiger partial charge in [0.2, 0.25) is 0 Å². The first-order valence-electron chi connectivity index (χ1n) is 6.64. The van der Waals surface area contributed by atoms with Crippen LogP contribution in [0.1, 0.15) is 16.2 Å². The van der Waals surface area contributed by atoms with E-state index in [0.29, 0.717) is 18.1 Å². The number of pyridine rings is 1. The number of nitrogens with one attached hydrogen (secondary N) is 2. The van der Waals surface area contributed by atoms with Crippen molar-refractivity contribution >= 4 is 17.4 Å². The fourth-order valence-electron chi connectivity index (χ4n) is 1.66. The van der Waals surface area contributed by atoms with Gasteiger partial charge in [0, 0.05) is 19.2 Å². The number of hydrogen-bond acceptors (Lipinski definition) is 6. The second-order valence-electron chi connectivity index (χ2n) is 4.94. The Morgan fingerprint density at radius 1 is 1.38 bits per heavy atom. The van der Waals surface area contributed by atoms with E-state index in [1.165, 1.54) is 0 Å². The minimum atomic E-state index is -0.180. The highest BCUT2D eigenvalue weighted by atomic mass is 16.5. The summed E-state index contributed by atoms with van der Waals surface area (Å²) in [7, 11) is 3.91. The van der Waals surface area contributed by atoms with Crippen LogP contribution in [-0.4, -0.2) is 48.1 Å². The zero-order chi connectivity index (χ0) is 15.2. The van der Waals surface area contributed by atoms with E-state index in [4.69, 9.17) is 4.52 Å². The number of carbonyl (C=O) groups excluding carboxylic acids is 1. The second-order valence-corrected chi connectivity index (χ2v) is 4.94. The number of aromatic nitrogens is 2. The Morgan fingerprint density at radius 3 is 2.76 bits per heavy atom. The number of aryl methyl sites for hydroxylation is 1. The zero-order valence-corrected chi connectivity index (χ0v) is 12.4. The summed E-state index contributed by atoms with van der Waals surface area (Å²) in [5, 5.41) is 9.68. The van der Waals surface area contributed by atoms with Crippen molar-refractivity contribution in [2.75, 3.05) is 32.5 Å². The molecule has 1 amide bonds. The van der Waals surface area contributed by atoms with Gasteiger partial charge in [0.1, 0.15) is 11.5 Å². The smallest absolute Gasteiger partial charge is 0.269 e. The molecular weight excluding hydrogens is 270 g/mol. The molecule has 0 fully saturated rings. The van der Waals surface area contributed by atoms with Crippen LogP contribution in [0.2, 0.25) is 0 Å². The molecule has 112 valence electrons. The fourth-order valence-corrected chi connectivity index (χ4v) is 1.66. The Kier molecular flexibility index (Phi) is 4.89. The van der Waals surface area contributed by atoms with Crippen molar-refractivity contribution in [3.8, 4) is 0 Å². The number of amides is 1. The molecule has 2 heterocycles. The highest BCUT2D eigenvalue weighted by molar-refractivity contribution is 5.92. The molecule has 7 heteroatoms. The predicted molar refractivity (Wildman–Crippen MR) is 79.6 cm³/mol. The average Bonchev–Trinajstić information content (AvgIpc) is 2.84. The maximum absolute atomic E-state index is 11.9. The Bertz CT molecular complexity index is 592. The van der Waals surface area contributed by atoms with E-state index < -0.39 is 0 Å². The number of likely N-dealkylation sites (N-methyl/N-ethyl adjacent to an activating group) is 1. The average molecular weight is 289 g/mol. The first-order chi connectivity index (χ1) is 10.0. The van der Waals surface area contributed by atoms with Crippen LogP contribution < -0.4 is 10.6 Å². The molecule has 2 N–H and O–H groups in total. The van der Waals surface area contributed by atoms with Crippen molar-refractivity contribution in [3.05, 3.63) is 35.9 Å². The normalized spacial score (nSPS) is 10.7. The minimum absolute atomic E-state index is 0.180.